The van der Waals surface area contributed by atoms with Crippen molar-refractivity contribution in [2.24, 2.45) is 0 Å². The van der Waals surface area contributed by atoms with Gasteiger partial charge in [0.25, 0.3) is 0 Å². The molecule has 0 aliphatic rings. The Kier molecular flexibility index (Phi) is 5.31. The molecule has 0 spiro atoms. The van der Waals surface area contributed by atoms with Gasteiger partial charge in [0.1, 0.15) is 0 Å². The van der Waals surface area contributed by atoms with Gasteiger partial charge in [0.2, 0.25) is 5.65 Å². The van der Waals surface area contributed by atoms with Gasteiger partial charge in [-0.15, -0.1) is 10.2 Å². The van der Waals surface area contributed by atoms with Crippen LogP contribution in [0.1, 0.15) is 35.7 Å². The van der Waals surface area contributed by atoms with E-state index in [9.17, 15) is 9.59 Å². The Bertz CT molecular complexity index is 1210. The minimum absolute atomic E-state index is 0.00549. The van der Waals surface area contributed by atoms with Crippen LogP contribution in [-0.2, 0) is 0 Å². The summed E-state index contributed by atoms with van der Waals surface area (Å²) in [6.07, 6.45) is 3.45. The molecule has 2 aromatic heterocycles. The molecule has 0 unspecified atom stereocenters. The molecule has 4 aromatic rings. The Morgan fingerprint density at radius 1 is 1.00 bits per heavy atom. The molecular weight excluding hydrogens is 384 g/mol. The van der Waals surface area contributed by atoms with Gasteiger partial charge in [0, 0.05) is 23.6 Å². The maximum absolute atomic E-state index is 12.9. The number of benzene rings is 2. The van der Waals surface area contributed by atoms with Gasteiger partial charge in [-0.3, -0.25) is 18.6 Å². The summed E-state index contributed by atoms with van der Waals surface area (Å²) in [6, 6.07) is 17.0. The van der Waals surface area contributed by atoms with Gasteiger partial charge in [-0.25, -0.2) is 0 Å². The highest BCUT2D eigenvalue weighted by molar-refractivity contribution is 7.99. The number of aromatic nitrogens is 4. The topological polar surface area (TPSA) is 69.3 Å². The summed E-state index contributed by atoms with van der Waals surface area (Å²) in [5.74, 6) is 0.661. The van der Waals surface area contributed by atoms with Crippen molar-refractivity contribution in [3.05, 3.63) is 88.5 Å². The lowest BCUT2D eigenvalue weighted by molar-refractivity contribution is 0.102. The Hall–Kier alpha value is -3.19. The molecule has 0 radical (unpaired) electrons. The van der Waals surface area contributed by atoms with Gasteiger partial charge >= 0.3 is 5.56 Å². The zero-order valence-electron chi connectivity index (χ0n) is 16.1. The van der Waals surface area contributed by atoms with Crippen molar-refractivity contribution in [3.63, 3.8) is 0 Å². The number of carbonyl (C=O) groups excluding carboxylic acids is 1. The molecule has 0 saturated carbocycles. The number of hydrogen-bond donors (Lipinski definition) is 0. The summed E-state index contributed by atoms with van der Waals surface area (Å²) in [5.41, 5.74) is 2.63. The van der Waals surface area contributed by atoms with Gasteiger partial charge in [-0.1, -0.05) is 68.1 Å². The first-order chi connectivity index (χ1) is 14.0. The summed E-state index contributed by atoms with van der Waals surface area (Å²) in [4.78, 5) is 25.2. The monoisotopic (exact) mass is 404 g/mol. The molecule has 0 bridgehead atoms. The molecule has 4 rings (SSSR count). The number of hydrogen-bond acceptors (Lipinski definition) is 5. The highest BCUT2D eigenvalue weighted by Crippen LogP contribution is 2.19. The molecule has 0 saturated heterocycles. The Morgan fingerprint density at radius 3 is 2.41 bits per heavy atom. The molecule has 2 heterocycles. The van der Waals surface area contributed by atoms with E-state index < -0.39 is 0 Å². The lowest BCUT2D eigenvalue weighted by Crippen LogP contribution is -2.20. The average molecular weight is 404 g/mol. The molecule has 0 aliphatic heterocycles. The first-order valence-electron chi connectivity index (χ1n) is 9.32. The van der Waals surface area contributed by atoms with Gasteiger partial charge < -0.3 is 0 Å². The summed E-state index contributed by atoms with van der Waals surface area (Å²) < 4.78 is 3.18. The summed E-state index contributed by atoms with van der Waals surface area (Å²) in [5, 5.41) is 8.67. The SMILES string of the molecule is CC(C)c1ccc(-n2ccn3c(SCC(=O)c4ccccc4)nnc3c2=O)cc1. The second kappa shape index (κ2) is 8.05. The molecule has 0 N–H and O–H groups in total. The lowest BCUT2D eigenvalue weighted by Gasteiger charge is -2.09. The van der Waals surface area contributed by atoms with Crippen LogP contribution in [0.5, 0.6) is 0 Å². The molecule has 29 heavy (non-hydrogen) atoms. The number of rotatable bonds is 6. The molecule has 2 aromatic carbocycles. The van der Waals surface area contributed by atoms with Gasteiger partial charge in [0.05, 0.1) is 5.75 Å². The first-order valence-corrected chi connectivity index (χ1v) is 10.3. The van der Waals surface area contributed by atoms with Gasteiger partial charge in [0.15, 0.2) is 10.9 Å². The van der Waals surface area contributed by atoms with Crippen LogP contribution in [0.25, 0.3) is 11.3 Å². The van der Waals surface area contributed by atoms with Crippen molar-refractivity contribution >= 4 is 23.2 Å². The van der Waals surface area contributed by atoms with E-state index in [0.29, 0.717) is 16.6 Å². The Balaban J connectivity index is 1.59. The number of ketones is 1. The van der Waals surface area contributed by atoms with E-state index >= 15 is 0 Å². The largest absolute Gasteiger partial charge is 0.300 e. The van der Waals surface area contributed by atoms with Crippen LogP contribution in [0, 0.1) is 0 Å². The predicted molar refractivity (Wildman–Crippen MR) is 114 cm³/mol. The number of thioether (sulfide) groups is 1. The number of fused-ring (bicyclic) bond motifs is 1. The van der Waals surface area contributed by atoms with Crippen molar-refractivity contribution in [2.75, 3.05) is 5.75 Å². The molecule has 0 amide bonds. The maximum Gasteiger partial charge on any atom is 0.300 e. The predicted octanol–water partition coefficient (Wildman–Crippen LogP) is 3.98. The summed E-state index contributed by atoms with van der Waals surface area (Å²) in [7, 11) is 0. The van der Waals surface area contributed by atoms with Crippen LogP contribution >= 0.6 is 11.8 Å². The number of carbonyl (C=O) groups is 1. The standard InChI is InChI=1S/C22H20N4O2S/c1-15(2)16-8-10-18(11-9-16)25-12-13-26-20(21(25)28)23-24-22(26)29-14-19(27)17-6-4-3-5-7-17/h3-13,15H,14H2,1-2H3. The van der Waals surface area contributed by atoms with Crippen molar-refractivity contribution in [1.29, 1.82) is 0 Å². The minimum Gasteiger partial charge on any atom is -0.293 e. The van der Waals surface area contributed by atoms with Crippen molar-refractivity contribution < 1.29 is 4.79 Å². The van der Waals surface area contributed by atoms with Crippen LogP contribution in [0.4, 0.5) is 0 Å². The zero-order chi connectivity index (χ0) is 20.4. The maximum atomic E-state index is 12.9. The third-order valence-corrected chi connectivity index (χ3v) is 5.65. The van der Waals surface area contributed by atoms with E-state index in [2.05, 4.69) is 24.0 Å². The fourth-order valence-electron chi connectivity index (χ4n) is 3.03. The molecule has 7 heteroatoms. The fraction of sp³-hybridized carbons (Fsp3) is 0.182. The Morgan fingerprint density at radius 2 is 1.72 bits per heavy atom. The molecule has 0 fully saturated rings. The normalized spacial score (nSPS) is 11.3. The highest BCUT2D eigenvalue weighted by atomic mass is 32.2. The van der Waals surface area contributed by atoms with Crippen molar-refractivity contribution in [3.8, 4) is 5.69 Å². The van der Waals surface area contributed by atoms with Crippen LogP contribution in [-0.4, -0.2) is 30.7 Å². The van der Waals surface area contributed by atoms with Crippen LogP contribution in [0.2, 0.25) is 0 Å². The Labute approximate surface area is 172 Å². The van der Waals surface area contributed by atoms with Crippen LogP contribution in [0.15, 0.2) is 76.9 Å². The van der Waals surface area contributed by atoms with Crippen LogP contribution < -0.4 is 5.56 Å². The molecule has 146 valence electrons. The quantitative estimate of drug-likeness (QED) is 0.359. The molecule has 6 nitrogen and oxygen atoms in total. The molecular formula is C22H20N4O2S. The zero-order valence-corrected chi connectivity index (χ0v) is 17.0. The number of Topliss-reactive ketones (excluding diaryl/α,β-unsaturated/α-hetero) is 1. The van der Waals surface area contributed by atoms with E-state index in [1.165, 1.54) is 17.3 Å². The lowest BCUT2D eigenvalue weighted by atomic mass is 10.0. The van der Waals surface area contributed by atoms with Gasteiger partial charge in [-0.2, -0.15) is 0 Å². The summed E-state index contributed by atoms with van der Waals surface area (Å²) in [6.45, 7) is 4.26. The third kappa shape index (κ3) is 3.86. The van der Waals surface area contributed by atoms with E-state index in [1.54, 1.807) is 33.5 Å². The molecule has 0 aliphatic carbocycles. The second-order valence-corrected chi connectivity index (χ2v) is 7.92. The second-order valence-electron chi connectivity index (χ2n) is 6.97. The average Bonchev–Trinajstić information content (AvgIpc) is 3.17. The van der Waals surface area contributed by atoms with Crippen LogP contribution in [0.3, 0.4) is 0 Å². The smallest absolute Gasteiger partial charge is 0.293 e. The van der Waals surface area contributed by atoms with Gasteiger partial charge in [-0.05, 0) is 23.6 Å². The third-order valence-electron chi connectivity index (χ3n) is 4.71. The molecule has 0 atom stereocenters. The van der Waals surface area contributed by atoms with Crippen molar-refractivity contribution in [2.45, 2.75) is 24.9 Å². The number of nitrogens with zero attached hydrogens (tertiary/aromatic N) is 4. The highest BCUT2D eigenvalue weighted by Gasteiger charge is 2.14. The fourth-order valence-corrected chi connectivity index (χ4v) is 3.84. The first kappa shape index (κ1) is 19.1. The van der Waals surface area contributed by atoms with E-state index in [1.807, 2.05) is 42.5 Å². The van der Waals surface area contributed by atoms with E-state index in [4.69, 9.17) is 0 Å². The minimum atomic E-state index is -0.251. The summed E-state index contributed by atoms with van der Waals surface area (Å²) >= 11 is 1.27. The van der Waals surface area contributed by atoms with Crippen molar-refractivity contribution in [1.82, 2.24) is 19.2 Å². The van der Waals surface area contributed by atoms with E-state index in [0.717, 1.165) is 5.69 Å². The van der Waals surface area contributed by atoms with E-state index in [-0.39, 0.29) is 22.7 Å².